The van der Waals surface area contributed by atoms with Gasteiger partial charge in [-0.3, -0.25) is 9.69 Å². The van der Waals surface area contributed by atoms with Crippen molar-refractivity contribution < 1.29 is 19.1 Å². The van der Waals surface area contributed by atoms with Gasteiger partial charge in [0, 0.05) is 12.2 Å². The van der Waals surface area contributed by atoms with Gasteiger partial charge in [-0.05, 0) is 89.0 Å². The number of piperidine rings is 1. The zero-order valence-corrected chi connectivity index (χ0v) is 19.1. The lowest BCUT2D eigenvalue weighted by Crippen LogP contribution is -2.42. The summed E-state index contributed by atoms with van der Waals surface area (Å²) >= 11 is 0. The Morgan fingerprint density at radius 3 is 2.22 bits per heavy atom. The third kappa shape index (κ3) is 8.23. The second-order valence-corrected chi connectivity index (χ2v) is 9.09. The fraction of sp³-hybridized carbons (Fsp3) is 0.440. The molecule has 2 amide bonds. The number of rotatable bonds is 7. The lowest BCUT2D eigenvalue weighted by molar-refractivity contribution is -0.117. The summed E-state index contributed by atoms with van der Waals surface area (Å²) in [6.07, 6.45) is 1.50. The maximum atomic E-state index is 12.4. The van der Waals surface area contributed by atoms with Crippen molar-refractivity contribution in [1.29, 1.82) is 0 Å². The van der Waals surface area contributed by atoms with Gasteiger partial charge in [0.25, 0.3) is 0 Å². The van der Waals surface area contributed by atoms with Gasteiger partial charge in [0.05, 0.1) is 6.54 Å². The van der Waals surface area contributed by atoms with Crippen molar-refractivity contribution in [2.45, 2.75) is 39.2 Å². The van der Waals surface area contributed by atoms with E-state index in [2.05, 4.69) is 15.5 Å². The van der Waals surface area contributed by atoms with E-state index < -0.39 is 5.60 Å². The molecule has 2 aromatic carbocycles. The lowest BCUT2D eigenvalue weighted by atomic mass is 9.97. The van der Waals surface area contributed by atoms with Gasteiger partial charge in [0.2, 0.25) is 5.91 Å². The van der Waals surface area contributed by atoms with E-state index in [0.29, 0.717) is 19.0 Å². The lowest BCUT2D eigenvalue weighted by Gasteiger charge is -2.31. The number of amides is 2. The molecule has 7 nitrogen and oxygen atoms in total. The van der Waals surface area contributed by atoms with Crippen LogP contribution in [-0.2, 0) is 9.53 Å². The molecule has 0 spiro atoms. The molecule has 0 saturated carbocycles. The quantitative estimate of drug-likeness (QED) is 0.656. The minimum absolute atomic E-state index is 0.0351. The highest BCUT2D eigenvalue weighted by Gasteiger charge is 2.22. The topological polar surface area (TPSA) is 79.9 Å². The highest BCUT2D eigenvalue weighted by Crippen LogP contribution is 2.23. The number of likely N-dealkylation sites (tertiary alicyclic amines) is 1. The average molecular weight is 440 g/mol. The van der Waals surface area contributed by atoms with E-state index in [0.717, 1.165) is 43.1 Å². The number of hydrogen-bond donors (Lipinski definition) is 2. The van der Waals surface area contributed by atoms with E-state index >= 15 is 0 Å². The van der Waals surface area contributed by atoms with Crippen molar-refractivity contribution in [3.8, 4) is 11.5 Å². The van der Waals surface area contributed by atoms with Gasteiger partial charge < -0.3 is 20.1 Å². The first-order valence-corrected chi connectivity index (χ1v) is 11.1. The number of alkyl carbamates (subject to hydrolysis) is 1. The Balaban J connectivity index is 1.35. The molecule has 1 fully saturated rings. The number of ether oxygens (including phenoxy) is 2. The fourth-order valence-corrected chi connectivity index (χ4v) is 3.53. The van der Waals surface area contributed by atoms with E-state index in [1.807, 2.05) is 75.4 Å². The zero-order valence-electron chi connectivity index (χ0n) is 19.1. The smallest absolute Gasteiger partial charge is 0.407 e. The monoisotopic (exact) mass is 439 g/mol. The van der Waals surface area contributed by atoms with Crippen LogP contribution >= 0.6 is 0 Å². The van der Waals surface area contributed by atoms with E-state index in [1.165, 1.54) is 0 Å². The summed E-state index contributed by atoms with van der Waals surface area (Å²) in [5.74, 6) is 1.86. The fourth-order valence-electron chi connectivity index (χ4n) is 3.53. The molecule has 3 rings (SSSR count). The molecule has 0 aliphatic carbocycles. The highest BCUT2D eigenvalue weighted by molar-refractivity contribution is 5.92. The number of carbonyl (C=O) groups excluding carboxylic acids is 2. The van der Waals surface area contributed by atoms with Crippen molar-refractivity contribution >= 4 is 17.7 Å². The van der Waals surface area contributed by atoms with Crippen molar-refractivity contribution in [2.24, 2.45) is 5.92 Å². The third-order valence-electron chi connectivity index (χ3n) is 5.13. The van der Waals surface area contributed by atoms with Crippen LogP contribution < -0.4 is 15.4 Å². The maximum Gasteiger partial charge on any atom is 0.407 e. The number of nitrogens with zero attached hydrogens (tertiary/aromatic N) is 1. The summed E-state index contributed by atoms with van der Waals surface area (Å²) in [6, 6.07) is 16.9. The molecule has 2 N–H and O–H groups in total. The Morgan fingerprint density at radius 2 is 1.59 bits per heavy atom. The number of anilines is 1. The summed E-state index contributed by atoms with van der Waals surface area (Å²) in [5, 5.41) is 5.79. The first-order chi connectivity index (χ1) is 15.3. The predicted octanol–water partition coefficient (Wildman–Crippen LogP) is 4.65. The van der Waals surface area contributed by atoms with E-state index in [1.54, 1.807) is 0 Å². The van der Waals surface area contributed by atoms with Crippen molar-refractivity contribution in [3.05, 3.63) is 54.6 Å². The van der Waals surface area contributed by atoms with Crippen LogP contribution in [0.3, 0.4) is 0 Å². The van der Waals surface area contributed by atoms with E-state index in [-0.39, 0.29) is 12.0 Å². The molecule has 0 aromatic heterocycles. The second-order valence-electron chi connectivity index (χ2n) is 9.09. The molecular formula is C25H33N3O4. The van der Waals surface area contributed by atoms with Gasteiger partial charge in [0.1, 0.15) is 17.1 Å². The van der Waals surface area contributed by atoms with E-state index in [9.17, 15) is 9.59 Å². The van der Waals surface area contributed by atoms with Gasteiger partial charge >= 0.3 is 6.09 Å². The Morgan fingerprint density at radius 1 is 0.969 bits per heavy atom. The molecule has 1 heterocycles. The highest BCUT2D eigenvalue weighted by atomic mass is 16.6. The van der Waals surface area contributed by atoms with Crippen molar-refractivity contribution in [3.63, 3.8) is 0 Å². The van der Waals surface area contributed by atoms with Crippen molar-refractivity contribution in [2.75, 3.05) is 31.5 Å². The molecule has 0 unspecified atom stereocenters. The molecular weight excluding hydrogens is 406 g/mol. The molecule has 7 heteroatoms. The summed E-state index contributed by atoms with van der Waals surface area (Å²) in [7, 11) is 0. The number of carbonyl (C=O) groups is 2. The first kappa shape index (κ1) is 23.6. The normalized spacial score (nSPS) is 15.1. The summed E-state index contributed by atoms with van der Waals surface area (Å²) < 4.78 is 11.0. The van der Waals surface area contributed by atoms with Crippen LogP contribution in [0.15, 0.2) is 54.6 Å². The predicted molar refractivity (Wildman–Crippen MR) is 125 cm³/mol. The average Bonchev–Trinajstić information content (AvgIpc) is 2.74. The molecule has 0 bridgehead atoms. The minimum atomic E-state index is -0.490. The third-order valence-corrected chi connectivity index (χ3v) is 5.13. The summed E-state index contributed by atoms with van der Waals surface area (Å²) in [6.45, 7) is 8.17. The number of nitrogens with one attached hydrogen (secondary N) is 2. The van der Waals surface area contributed by atoms with Crippen LogP contribution in [0.2, 0.25) is 0 Å². The van der Waals surface area contributed by atoms with Crippen molar-refractivity contribution in [1.82, 2.24) is 10.2 Å². The van der Waals surface area contributed by atoms with Crippen LogP contribution in [0.5, 0.6) is 11.5 Å². The second kappa shape index (κ2) is 11.0. The summed E-state index contributed by atoms with van der Waals surface area (Å²) in [4.78, 5) is 26.4. The first-order valence-electron chi connectivity index (χ1n) is 11.1. The van der Waals surface area contributed by atoms with Crippen LogP contribution in [0.25, 0.3) is 0 Å². The van der Waals surface area contributed by atoms with Crippen LogP contribution in [0, 0.1) is 5.92 Å². The van der Waals surface area contributed by atoms with Crippen LogP contribution in [-0.4, -0.2) is 48.7 Å². The van der Waals surface area contributed by atoms with E-state index in [4.69, 9.17) is 9.47 Å². The van der Waals surface area contributed by atoms with Gasteiger partial charge in [-0.15, -0.1) is 0 Å². The molecule has 1 saturated heterocycles. The largest absolute Gasteiger partial charge is 0.457 e. The molecule has 32 heavy (non-hydrogen) atoms. The standard InChI is InChI=1S/C25H33N3O4/c1-25(2,3)32-24(30)26-17-19-13-15-28(16-14-19)18-23(29)27-20-9-11-22(12-10-20)31-21-7-5-4-6-8-21/h4-12,19H,13-18H2,1-3H3,(H,26,30)(H,27,29). The Bertz CT molecular complexity index is 870. The number of para-hydroxylation sites is 1. The van der Waals surface area contributed by atoms with Gasteiger partial charge in [-0.25, -0.2) is 4.79 Å². The number of benzene rings is 2. The molecule has 1 aliphatic heterocycles. The van der Waals surface area contributed by atoms with Crippen LogP contribution in [0.1, 0.15) is 33.6 Å². The number of hydrogen-bond acceptors (Lipinski definition) is 5. The molecule has 1 aliphatic rings. The SMILES string of the molecule is CC(C)(C)OC(=O)NCC1CCN(CC(=O)Nc2ccc(Oc3ccccc3)cc2)CC1. The van der Waals surface area contributed by atoms with Gasteiger partial charge in [0.15, 0.2) is 0 Å². The molecule has 0 radical (unpaired) electrons. The van der Waals surface area contributed by atoms with Gasteiger partial charge in [-0.1, -0.05) is 18.2 Å². The zero-order chi connectivity index (χ0) is 23.0. The Labute approximate surface area is 190 Å². The van der Waals surface area contributed by atoms with Gasteiger partial charge in [-0.2, -0.15) is 0 Å². The Kier molecular flexibility index (Phi) is 8.11. The maximum absolute atomic E-state index is 12.4. The summed E-state index contributed by atoms with van der Waals surface area (Å²) in [5.41, 5.74) is 0.252. The molecule has 2 aromatic rings. The molecule has 172 valence electrons. The minimum Gasteiger partial charge on any atom is -0.457 e. The van der Waals surface area contributed by atoms with Crippen LogP contribution in [0.4, 0.5) is 10.5 Å². The molecule has 0 atom stereocenters. The Hall–Kier alpha value is -3.06.